The topological polar surface area (TPSA) is 24.9 Å². The highest BCUT2D eigenvalue weighted by molar-refractivity contribution is 14.1. The number of fused-ring (bicyclic) bond motifs is 1. The van der Waals surface area contributed by atoms with Crippen LogP contribution in [-0.2, 0) is 0 Å². The molecule has 1 N–H and O–H groups in total. The van der Waals surface area contributed by atoms with Crippen molar-refractivity contribution in [1.82, 2.24) is 4.98 Å². The number of anilines is 1. The number of pyridine rings is 1. The summed E-state index contributed by atoms with van der Waals surface area (Å²) in [4.78, 5) is 4.51. The molecule has 0 saturated carbocycles. The fourth-order valence-corrected chi connectivity index (χ4v) is 2.54. The largest absolute Gasteiger partial charge is 0.387 e. The highest BCUT2D eigenvalue weighted by Gasteiger charge is 2.11. The minimum Gasteiger partial charge on any atom is -0.387 e. The van der Waals surface area contributed by atoms with Crippen LogP contribution < -0.4 is 5.32 Å². The predicted molar refractivity (Wildman–Crippen MR) is 73.4 cm³/mol. The maximum Gasteiger partial charge on any atom is 0.125 e. The minimum absolute atomic E-state index is 0.224. The predicted octanol–water partition coefficient (Wildman–Crippen LogP) is 3.64. The number of hydrogen-bond acceptors (Lipinski definition) is 2. The van der Waals surface area contributed by atoms with Crippen molar-refractivity contribution < 1.29 is 4.39 Å². The summed E-state index contributed by atoms with van der Waals surface area (Å²) in [6.45, 7) is 3.96. The van der Waals surface area contributed by atoms with Crippen LogP contribution >= 0.6 is 22.6 Å². The average molecular weight is 330 g/mol. The van der Waals surface area contributed by atoms with E-state index in [2.05, 4.69) is 32.9 Å². The highest BCUT2D eigenvalue weighted by Crippen LogP contribution is 2.30. The molecule has 0 unspecified atom stereocenters. The Balaban J connectivity index is 2.96. The molecule has 0 atom stereocenters. The van der Waals surface area contributed by atoms with Crippen LogP contribution in [0.15, 0.2) is 12.1 Å². The molecule has 0 aliphatic heterocycles. The van der Waals surface area contributed by atoms with Gasteiger partial charge in [-0.3, -0.25) is 4.98 Å². The first-order valence-electron chi connectivity index (χ1n) is 4.98. The lowest BCUT2D eigenvalue weighted by molar-refractivity contribution is 0.628. The maximum atomic E-state index is 13.4. The first-order valence-corrected chi connectivity index (χ1v) is 6.06. The van der Waals surface area contributed by atoms with E-state index in [4.69, 9.17) is 0 Å². The van der Waals surface area contributed by atoms with Crippen molar-refractivity contribution in [3.05, 3.63) is 32.8 Å². The van der Waals surface area contributed by atoms with Gasteiger partial charge in [0.25, 0.3) is 0 Å². The van der Waals surface area contributed by atoms with Gasteiger partial charge in [-0.15, -0.1) is 0 Å². The molecule has 2 nitrogen and oxygen atoms in total. The number of hydrogen-bond donors (Lipinski definition) is 1. The first kappa shape index (κ1) is 11.6. The molecule has 0 amide bonds. The Morgan fingerprint density at radius 1 is 1.31 bits per heavy atom. The van der Waals surface area contributed by atoms with E-state index >= 15 is 0 Å². The molecule has 4 heteroatoms. The van der Waals surface area contributed by atoms with E-state index in [-0.39, 0.29) is 5.82 Å². The van der Waals surface area contributed by atoms with Crippen LogP contribution in [0, 0.1) is 23.2 Å². The number of benzene rings is 1. The molecule has 1 aromatic heterocycles. The number of rotatable bonds is 1. The Morgan fingerprint density at radius 2 is 2.00 bits per heavy atom. The summed E-state index contributed by atoms with van der Waals surface area (Å²) in [7, 11) is 1.85. The lowest BCUT2D eigenvalue weighted by Gasteiger charge is -2.12. The zero-order valence-electron chi connectivity index (χ0n) is 9.36. The van der Waals surface area contributed by atoms with Crippen molar-refractivity contribution in [3.63, 3.8) is 0 Å². The number of aryl methyl sites for hydroxylation is 1. The van der Waals surface area contributed by atoms with Crippen LogP contribution in [0.2, 0.25) is 0 Å². The van der Waals surface area contributed by atoms with Gasteiger partial charge < -0.3 is 5.32 Å². The molecule has 0 fully saturated rings. The van der Waals surface area contributed by atoms with E-state index in [1.807, 2.05) is 20.9 Å². The fraction of sp³-hybridized carbons (Fsp3) is 0.250. The van der Waals surface area contributed by atoms with Crippen molar-refractivity contribution in [3.8, 4) is 0 Å². The smallest absolute Gasteiger partial charge is 0.125 e. The van der Waals surface area contributed by atoms with E-state index in [1.165, 1.54) is 12.1 Å². The summed E-state index contributed by atoms with van der Waals surface area (Å²) in [5.74, 6) is -0.224. The quantitative estimate of drug-likeness (QED) is 0.808. The van der Waals surface area contributed by atoms with Gasteiger partial charge in [0.1, 0.15) is 5.82 Å². The second-order valence-electron chi connectivity index (χ2n) is 3.73. The van der Waals surface area contributed by atoms with Crippen LogP contribution in [-0.4, -0.2) is 12.0 Å². The zero-order valence-corrected chi connectivity index (χ0v) is 11.5. The Morgan fingerprint density at radius 3 is 2.62 bits per heavy atom. The molecule has 1 aromatic carbocycles. The van der Waals surface area contributed by atoms with E-state index in [0.717, 1.165) is 31.4 Å². The van der Waals surface area contributed by atoms with Gasteiger partial charge in [0, 0.05) is 27.4 Å². The SMILES string of the molecule is CNc1c(C)c(C)nc2c(I)cc(F)cc12. The van der Waals surface area contributed by atoms with Gasteiger partial charge in [-0.2, -0.15) is 0 Å². The van der Waals surface area contributed by atoms with Gasteiger partial charge in [-0.25, -0.2) is 4.39 Å². The van der Waals surface area contributed by atoms with Crippen LogP contribution in [0.3, 0.4) is 0 Å². The molecule has 2 aromatic rings. The lowest BCUT2D eigenvalue weighted by Crippen LogP contribution is -2.00. The monoisotopic (exact) mass is 330 g/mol. The minimum atomic E-state index is -0.224. The van der Waals surface area contributed by atoms with E-state index in [9.17, 15) is 4.39 Å². The fourth-order valence-electron chi connectivity index (χ4n) is 1.83. The van der Waals surface area contributed by atoms with Gasteiger partial charge in [-0.05, 0) is 54.1 Å². The molecule has 0 spiro atoms. The Hall–Kier alpha value is -0.910. The normalized spacial score (nSPS) is 10.8. The lowest BCUT2D eigenvalue weighted by atomic mass is 10.1. The highest BCUT2D eigenvalue weighted by atomic mass is 127. The van der Waals surface area contributed by atoms with E-state index in [1.54, 1.807) is 0 Å². The summed E-state index contributed by atoms with van der Waals surface area (Å²) in [5, 5.41) is 3.97. The van der Waals surface area contributed by atoms with Gasteiger partial charge in [0.2, 0.25) is 0 Å². The number of aromatic nitrogens is 1. The summed E-state index contributed by atoms with van der Waals surface area (Å²) in [6.07, 6.45) is 0. The second-order valence-corrected chi connectivity index (χ2v) is 4.89. The Bertz CT molecular complexity index is 567. The van der Waals surface area contributed by atoms with E-state index < -0.39 is 0 Å². The van der Waals surface area contributed by atoms with Crippen LogP contribution in [0.5, 0.6) is 0 Å². The molecule has 1 heterocycles. The molecule has 84 valence electrons. The van der Waals surface area contributed by atoms with Crippen molar-refractivity contribution >= 4 is 39.2 Å². The number of halogens is 2. The average Bonchev–Trinajstić information content (AvgIpc) is 2.22. The molecule has 0 aliphatic rings. The third-order valence-corrected chi connectivity index (χ3v) is 3.57. The summed E-state index contributed by atoms with van der Waals surface area (Å²) >= 11 is 2.11. The molecule has 0 bridgehead atoms. The van der Waals surface area contributed by atoms with Crippen molar-refractivity contribution in [2.75, 3.05) is 12.4 Å². The molecule has 0 saturated heterocycles. The third kappa shape index (κ3) is 1.75. The van der Waals surface area contributed by atoms with Gasteiger partial charge in [-0.1, -0.05) is 0 Å². The molecule has 0 aliphatic carbocycles. The standard InChI is InChI=1S/C12H12FIN2/c1-6-7(2)16-12-9(11(6)15-3)4-8(13)5-10(12)14/h4-5H,1-3H3,(H,15,16). The third-order valence-electron chi connectivity index (χ3n) is 2.74. The van der Waals surface area contributed by atoms with Crippen molar-refractivity contribution in [2.24, 2.45) is 0 Å². The van der Waals surface area contributed by atoms with Crippen LogP contribution in [0.25, 0.3) is 10.9 Å². The number of nitrogens with one attached hydrogen (secondary N) is 1. The molecular formula is C12H12FIN2. The summed E-state index contributed by atoms with van der Waals surface area (Å²) in [5.41, 5.74) is 3.85. The van der Waals surface area contributed by atoms with Gasteiger partial charge >= 0.3 is 0 Å². The van der Waals surface area contributed by atoms with Crippen molar-refractivity contribution in [1.29, 1.82) is 0 Å². The van der Waals surface area contributed by atoms with Crippen LogP contribution in [0.1, 0.15) is 11.3 Å². The summed E-state index contributed by atoms with van der Waals surface area (Å²) < 4.78 is 14.2. The van der Waals surface area contributed by atoms with E-state index in [0.29, 0.717) is 0 Å². The zero-order chi connectivity index (χ0) is 11.9. The molecule has 16 heavy (non-hydrogen) atoms. The van der Waals surface area contributed by atoms with Crippen molar-refractivity contribution in [2.45, 2.75) is 13.8 Å². The first-order chi connectivity index (χ1) is 7.54. The van der Waals surface area contributed by atoms with Gasteiger partial charge in [0.05, 0.1) is 5.52 Å². The summed E-state index contributed by atoms with van der Waals surface area (Å²) in [6, 6.07) is 3.03. The molecule has 0 radical (unpaired) electrons. The van der Waals surface area contributed by atoms with Crippen LogP contribution in [0.4, 0.5) is 10.1 Å². The van der Waals surface area contributed by atoms with Gasteiger partial charge in [0.15, 0.2) is 0 Å². The Kier molecular flexibility index (Phi) is 3.01. The molecule has 2 rings (SSSR count). The number of nitrogens with zero attached hydrogens (tertiary/aromatic N) is 1. The molecular weight excluding hydrogens is 318 g/mol. The second kappa shape index (κ2) is 4.16. The Labute approximate surface area is 107 Å². The maximum absolute atomic E-state index is 13.4.